The molecular weight excluding hydrogens is 199 g/mol. The van der Waals surface area contributed by atoms with E-state index in [-0.39, 0.29) is 0 Å². The number of anilines is 1. The average Bonchev–Trinajstić information content (AvgIpc) is 2.19. The van der Waals surface area contributed by atoms with E-state index in [0.29, 0.717) is 6.07 Å². The molecule has 0 aliphatic rings. The first-order chi connectivity index (χ1) is 6.49. The van der Waals surface area contributed by atoms with Gasteiger partial charge in [-0.05, 0) is 6.07 Å². The van der Waals surface area contributed by atoms with Crippen LogP contribution < -0.4 is 5.73 Å². The van der Waals surface area contributed by atoms with Crippen LogP contribution in [0.25, 0.3) is 0 Å². The smallest absolute Gasteiger partial charge is 0.341 e. The number of hydrogen-bond donors (Lipinski definition) is 1. The number of hydrogen-bond acceptors (Lipinski definition) is 3. The number of nitrogens with two attached hydrogens (primary N) is 1. The van der Waals surface area contributed by atoms with E-state index in [1.54, 1.807) is 0 Å². The topological polar surface area (TPSA) is 52.3 Å². The monoisotopic (exact) mass is 205 g/mol. The molecule has 0 spiro atoms. The van der Waals surface area contributed by atoms with Crippen molar-refractivity contribution >= 4 is 11.7 Å². The molecule has 0 saturated heterocycles. The second-order valence-corrected chi connectivity index (χ2v) is 2.45. The van der Waals surface area contributed by atoms with Crippen molar-refractivity contribution in [3.63, 3.8) is 0 Å². The molecule has 0 radical (unpaired) electrons. The molecule has 0 aliphatic heterocycles. The number of ether oxygens (including phenoxy) is 1. The summed E-state index contributed by atoms with van der Waals surface area (Å²) in [6.07, 6.45) is 0. The summed E-state index contributed by atoms with van der Waals surface area (Å²) in [6.45, 7) is 0. The van der Waals surface area contributed by atoms with E-state index in [0.717, 1.165) is 7.11 Å². The van der Waals surface area contributed by atoms with Gasteiger partial charge in [-0.25, -0.2) is 18.0 Å². The highest BCUT2D eigenvalue weighted by Crippen LogP contribution is 2.21. The molecule has 0 fully saturated rings. The first kappa shape index (κ1) is 10.4. The molecule has 0 unspecified atom stereocenters. The van der Waals surface area contributed by atoms with Crippen molar-refractivity contribution in [3.8, 4) is 0 Å². The number of benzene rings is 1. The van der Waals surface area contributed by atoms with Gasteiger partial charge in [-0.3, -0.25) is 0 Å². The SMILES string of the molecule is COC(=O)c1cc(N)c(F)c(F)c1F. The molecule has 0 heterocycles. The first-order valence-electron chi connectivity index (χ1n) is 3.50. The van der Waals surface area contributed by atoms with Crippen LogP contribution in [0.3, 0.4) is 0 Å². The maximum Gasteiger partial charge on any atom is 0.341 e. The molecule has 0 amide bonds. The average molecular weight is 205 g/mol. The zero-order chi connectivity index (χ0) is 10.9. The maximum absolute atomic E-state index is 12.9. The molecule has 0 atom stereocenters. The minimum Gasteiger partial charge on any atom is -0.465 e. The van der Waals surface area contributed by atoms with Crippen molar-refractivity contribution in [1.29, 1.82) is 0 Å². The fourth-order valence-corrected chi connectivity index (χ4v) is 0.882. The van der Waals surface area contributed by atoms with Gasteiger partial charge in [-0.1, -0.05) is 0 Å². The van der Waals surface area contributed by atoms with Crippen LogP contribution in [0.4, 0.5) is 18.9 Å². The Morgan fingerprint density at radius 1 is 1.29 bits per heavy atom. The van der Waals surface area contributed by atoms with E-state index < -0.39 is 34.7 Å². The fraction of sp³-hybridized carbons (Fsp3) is 0.125. The zero-order valence-corrected chi connectivity index (χ0v) is 7.11. The molecule has 2 N–H and O–H groups in total. The van der Waals surface area contributed by atoms with Crippen LogP contribution in [0, 0.1) is 17.5 Å². The van der Waals surface area contributed by atoms with Gasteiger partial charge in [0, 0.05) is 0 Å². The van der Waals surface area contributed by atoms with Gasteiger partial charge in [0.05, 0.1) is 12.8 Å². The van der Waals surface area contributed by atoms with Crippen LogP contribution in [0.2, 0.25) is 0 Å². The molecule has 1 aromatic carbocycles. The van der Waals surface area contributed by atoms with Gasteiger partial charge in [0.1, 0.15) is 5.56 Å². The van der Waals surface area contributed by atoms with Crippen molar-refractivity contribution in [2.24, 2.45) is 0 Å². The van der Waals surface area contributed by atoms with E-state index in [4.69, 9.17) is 5.73 Å². The third-order valence-electron chi connectivity index (χ3n) is 1.58. The van der Waals surface area contributed by atoms with Gasteiger partial charge in [0.2, 0.25) is 0 Å². The number of rotatable bonds is 1. The lowest BCUT2D eigenvalue weighted by Crippen LogP contribution is -2.09. The standard InChI is InChI=1S/C8H6F3NO2/c1-14-8(13)3-2-4(12)6(10)7(11)5(3)9/h2H,12H2,1H3. The van der Waals surface area contributed by atoms with Crippen LogP contribution in [0.5, 0.6) is 0 Å². The molecular formula is C8H6F3NO2. The predicted octanol–water partition coefficient (Wildman–Crippen LogP) is 1.47. The van der Waals surface area contributed by atoms with Crippen LogP contribution in [0.15, 0.2) is 6.07 Å². The largest absolute Gasteiger partial charge is 0.465 e. The summed E-state index contributed by atoms with van der Waals surface area (Å²) < 4.78 is 42.4. The molecule has 6 heteroatoms. The van der Waals surface area contributed by atoms with E-state index in [1.165, 1.54) is 0 Å². The summed E-state index contributed by atoms with van der Waals surface area (Å²) in [6, 6.07) is 0.680. The molecule has 76 valence electrons. The van der Waals surface area contributed by atoms with Gasteiger partial charge in [-0.15, -0.1) is 0 Å². The van der Waals surface area contributed by atoms with Gasteiger partial charge in [0.15, 0.2) is 17.5 Å². The van der Waals surface area contributed by atoms with Gasteiger partial charge in [0.25, 0.3) is 0 Å². The quantitative estimate of drug-likeness (QED) is 0.429. The van der Waals surface area contributed by atoms with Crippen LogP contribution in [0.1, 0.15) is 10.4 Å². The van der Waals surface area contributed by atoms with Gasteiger partial charge < -0.3 is 10.5 Å². The molecule has 0 bridgehead atoms. The number of esters is 1. The third-order valence-corrected chi connectivity index (χ3v) is 1.58. The normalized spacial score (nSPS) is 10.0. The minimum atomic E-state index is -1.79. The summed E-state index contributed by atoms with van der Waals surface area (Å²) in [5.74, 6) is -6.03. The summed E-state index contributed by atoms with van der Waals surface area (Å²) in [4.78, 5) is 10.8. The summed E-state index contributed by atoms with van der Waals surface area (Å²) in [5, 5.41) is 0. The Hall–Kier alpha value is -1.72. The molecule has 3 nitrogen and oxygen atoms in total. The fourth-order valence-electron chi connectivity index (χ4n) is 0.882. The Labute approximate surface area is 77.3 Å². The lowest BCUT2D eigenvalue weighted by atomic mass is 10.1. The third kappa shape index (κ3) is 1.50. The van der Waals surface area contributed by atoms with Crippen molar-refractivity contribution in [2.45, 2.75) is 0 Å². The number of carbonyl (C=O) groups excluding carboxylic acids is 1. The van der Waals surface area contributed by atoms with E-state index in [1.807, 2.05) is 0 Å². The summed E-state index contributed by atoms with van der Waals surface area (Å²) >= 11 is 0. The molecule has 1 rings (SSSR count). The van der Waals surface area contributed by atoms with E-state index in [9.17, 15) is 18.0 Å². The van der Waals surface area contributed by atoms with E-state index in [2.05, 4.69) is 4.74 Å². The molecule has 1 aromatic rings. The first-order valence-corrected chi connectivity index (χ1v) is 3.50. The lowest BCUT2D eigenvalue weighted by Gasteiger charge is -2.04. The zero-order valence-electron chi connectivity index (χ0n) is 7.11. The second-order valence-electron chi connectivity index (χ2n) is 2.45. The predicted molar refractivity (Wildman–Crippen MR) is 42.1 cm³/mol. The Morgan fingerprint density at radius 3 is 2.36 bits per heavy atom. The second kappa shape index (κ2) is 3.57. The van der Waals surface area contributed by atoms with Crippen LogP contribution >= 0.6 is 0 Å². The Bertz CT molecular complexity index is 393. The van der Waals surface area contributed by atoms with E-state index >= 15 is 0 Å². The number of methoxy groups -OCH3 is 1. The lowest BCUT2D eigenvalue weighted by molar-refractivity contribution is 0.0594. The number of carbonyl (C=O) groups is 1. The van der Waals surface area contributed by atoms with Crippen molar-refractivity contribution in [3.05, 3.63) is 29.1 Å². The molecule has 0 aromatic heterocycles. The number of halogens is 3. The van der Waals surface area contributed by atoms with Crippen LogP contribution in [-0.2, 0) is 4.74 Å². The molecule has 0 aliphatic carbocycles. The van der Waals surface area contributed by atoms with Crippen molar-refractivity contribution < 1.29 is 22.7 Å². The minimum absolute atomic E-state index is 0.649. The van der Waals surface area contributed by atoms with Crippen molar-refractivity contribution in [1.82, 2.24) is 0 Å². The highest BCUT2D eigenvalue weighted by Gasteiger charge is 2.21. The van der Waals surface area contributed by atoms with Crippen molar-refractivity contribution in [2.75, 3.05) is 12.8 Å². The van der Waals surface area contributed by atoms with Gasteiger partial charge >= 0.3 is 5.97 Å². The Morgan fingerprint density at radius 2 is 1.86 bits per heavy atom. The summed E-state index contributed by atoms with van der Waals surface area (Å²) in [5.41, 5.74) is 3.61. The van der Waals surface area contributed by atoms with Gasteiger partial charge in [-0.2, -0.15) is 0 Å². The van der Waals surface area contributed by atoms with Crippen LogP contribution in [-0.4, -0.2) is 13.1 Å². The highest BCUT2D eigenvalue weighted by molar-refractivity contribution is 5.90. The Kier molecular flexibility index (Phi) is 2.64. The Balaban J connectivity index is 3.40. The summed E-state index contributed by atoms with van der Waals surface area (Å²) in [7, 11) is 0.985. The molecule has 14 heavy (non-hydrogen) atoms. The number of nitrogen functional groups attached to an aromatic ring is 1. The highest BCUT2D eigenvalue weighted by atomic mass is 19.2. The maximum atomic E-state index is 12.9. The molecule has 0 saturated carbocycles.